The number of para-hydroxylation sites is 1. The maximum absolute atomic E-state index is 14.2. The summed E-state index contributed by atoms with van der Waals surface area (Å²) in [5, 5.41) is 11.7. The van der Waals surface area contributed by atoms with Gasteiger partial charge in [0.15, 0.2) is 11.8 Å². The Kier molecular flexibility index (Phi) is 13.7. The lowest BCUT2D eigenvalue weighted by Gasteiger charge is -2.35. The zero-order valence-corrected chi connectivity index (χ0v) is 30.2. The lowest BCUT2D eigenvalue weighted by molar-refractivity contribution is -0.190. The van der Waals surface area contributed by atoms with Gasteiger partial charge in [0.1, 0.15) is 18.3 Å². The minimum Gasteiger partial charge on any atom is -0.494 e. The van der Waals surface area contributed by atoms with Crippen LogP contribution in [0.2, 0.25) is 0 Å². The van der Waals surface area contributed by atoms with Crippen LogP contribution < -0.4 is 15.4 Å². The Morgan fingerprint density at radius 2 is 1.57 bits per heavy atom. The highest BCUT2D eigenvalue weighted by atomic mass is 16.6. The number of hydrogen-bond acceptors (Lipinski definition) is 12. The maximum atomic E-state index is 14.2. The van der Waals surface area contributed by atoms with Crippen molar-refractivity contribution in [1.82, 2.24) is 0 Å². The van der Waals surface area contributed by atoms with E-state index in [1.54, 1.807) is 58.0 Å². The Morgan fingerprint density at radius 3 is 2.12 bits per heavy atom. The molecule has 1 fully saturated rings. The van der Waals surface area contributed by atoms with Gasteiger partial charge in [0.05, 0.1) is 23.8 Å². The molecule has 1 aliphatic heterocycles. The van der Waals surface area contributed by atoms with Gasteiger partial charge in [-0.25, -0.2) is 14.4 Å². The number of aliphatic hydroxyl groups is 1. The van der Waals surface area contributed by atoms with E-state index in [1.165, 1.54) is 46.1 Å². The zero-order chi connectivity index (χ0) is 38.2. The summed E-state index contributed by atoms with van der Waals surface area (Å²) in [5.74, 6) is -6.58. The summed E-state index contributed by atoms with van der Waals surface area (Å²) in [6.07, 6.45) is -7.02. The molecule has 0 spiro atoms. The Morgan fingerprint density at radius 1 is 0.941 bits per heavy atom. The van der Waals surface area contributed by atoms with E-state index in [0.29, 0.717) is 12.0 Å². The zero-order valence-electron chi connectivity index (χ0n) is 30.2. The van der Waals surface area contributed by atoms with Crippen LogP contribution in [0.4, 0.5) is 5.69 Å². The fourth-order valence-electron chi connectivity index (χ4n) is 5.65. The van der Waals surface area contributed by atoms with E-state index in [-0.39, 0.29) is 29.8 Å². The van der Waals surface area contributed by atoms with Gasteiger partial charge in [-0.3, -0.25) is 19.3 Å². The first-order chi connectivity index (χ1) is 24.0. The average Bonchev–Trinajstić information content (AvgIpc) is 3.09. The van der Waals surface area contributed by atoms with Crippen molar-refractivity contribution in [3.05, 3.63) is 59.7 Å². The third-order valence-electron chi connectivity index (χ3n) is 9.02. The maximum Gasteiger partial charge on any atom is 0.348 e. The first kappa shape index (κ1) is 40.4. The molecular weight excluding hydrogens is 664 g/mol. The second-order valence-corrected chi connectivity index (χ2v) is 13.5. The number of cyclic esters (lactones) is 4. The number of benzene rings is 2. The fraction of sp³-hybridized carbons (Fsp3) is 0.514. The molecule has 278 valence electrons. The van der Waals surface area contributed by atoms with Gasteiger partial charge in [0.2, 0.25) is 18.6 Å². The molecule has 1 aliphatic rings. The second-order valence-electron chi connectivity index (χ2n) is 13.5. The monoisotopic (exact) mass is 712 g/mol. The minimum absolute atomic E-state index is 0.0331. The lowest BCUT2D eigenvalue weighted by Crippen LogP contribution is -2.53. The number of nitrogens with zero attached hydrogens (tertiary/aromatic N) is 1. The Labute approximate surface area is 297 Å². The molecule has 7 atom stereocenters. The van der Waals surface area contributed by atoms with Gasteiger partial charge in [-0.15, -0.1) is 0 Å². The van der Waals surface area contributed by atoms with Crippen LogP contribution in [0.15, 0.2) is 48.5 Å². The first-order valence-electron chi connectivity index (χ1n) is 16.7. The molecule has 14 heteroatoms. The van der Waals surface area contributed by atoms with Crippen molar-refractivity contribution in [3.8, 4) is 5.75 Å². The predicted octanol–water partition coefficient (Wildman–Crippen LogP) is 3.14. The summed E-state index contributed by atoms with van der Waals surface area (Å²) in [6.45, 7) is 10.7. The van der Waals surface area contributed by atoms with Crippen LogP contribution >= 0.6 is 0 Å². The molecule has 0 bridgehead atoms. The molecule has 0 aromatic heterocycles. The van der Waals surface area contributed by atoms with Crippen molar-refractivity contribution < 1.29 is 57.6 Å². The number of nitrogens with two attached hydrogens (primary N) is 1. The topological polar surface area (TPSA) is 198 Å². The van der Waals surface area contributed by atoms with Gasteiger partial charge in [0, 0.05) is 18.3 Å². The largest absolute Gasteiger partial charge is 0.494 e. The van der Waals surface area contributed by atoms with Crippen molar-refractivity contribution in [2.75, 3.05) is 12.0 Å². The fourth-order valence-corrected chi connectivity index (χ4v) is 5.65. The van der Waals surface area contributed by atoms with Crippen molar-refractivity contribution >= 4 is 41.9 Å². The standard InChI is InChI=1S/C37H48N2O12/c1-9-21(4)29-35(45)48-22(5)27(39(19-40)25-17-13-16-24(32(38)42)30(25)47-8)33(43)50-28(20(2)3)34(44)49-26(18-23-14-11-10-12-15-23)31(41)37(6,7)36(46)51-29/h10-17,19-22,26-29,31,41H,9,18H2,1-8H3,(H2,38,42). The lowest BCUT2D eigenvalue weighted by atomic mass is 9.81. The molecule has 2 aromatic carbocycles. The third-order valence-corrected chi connectivity index (χ3v) is 9.02. The summed E-state index contributed by atoms with van der Waals surface area (Å²) < 4.78 is 28.5. The van der Waals surface area contributed by atoms with E-state index >= 15 is 0 Å². The Bertz CT molecular complexity index is 1580. The van der Waals surface area contributed by atoms with E-state index in [9.17, 15) is 33.9 Å². The molecular formula is C37H48N2O12. The van der Waals surface area contributed by atoms with Crippen LogP contribution in [0.5, 0.6) is 5.75 Å². The highest BCUT2D eigenvalue weighted by molar-refractivity contribution is 6.00. The van der Waals surface area contributed by atoms with Crippen LogP contribution in [0.1, 0.15) is 70.8 Å². The van der Waals surface area contributed by atoms with Crippen molar-refractivity contribution in [2.45, 2.75) is 97.9 Å². The van der Waals surface area contributed by atoms with Crippen LogP contribution in [-0.4, -0.2) is 85.0 Å². The quantitative estimate of drug-likeness (QED) is 0.208. The number of carbonyl (C=O) groups is 6. The van der Waals surface area contributed by atoms with Gasteiger partial charge < -0.3 is 34.5 Å². The third kappa shape index (κ3) is 9.23. The number of amides is 2. The molecule has 0 radical (unpaired) electrons. The molecule has 0 aliphatic carbocycles. The number of carbonyl (C=O) groups excluding carboxylic acids is 6. The summed E-state index contributed by atoms with van der Waals surface area (Å²) >= 11 is 0. The number of ether oxygens (including phenoxy) is 5. The highest BCUT2D eigenvalue weighted by Gasteiger charge is 2.48. The number of aliphatic hydroxyl groups excluding tert-OH is 1. The summed E-state index contributed by atoms with van der Waals surface area (Å²) in [4.78, 5) is 81.5. The number of esters is 4. The molecule has 1 heterocycles. The normalized spacial score (nSPS) is 25.2. The van der Waals surface area contributed by atoms with Crippen LogP contribution in [0, 0.1) is 17.3 Å². The van der Waals surface area contributed by atoms with Gasteiger partial charge in [-0.1, -0.05) is 64.1 Å². The van der Waals surface area contributed by atoms with E-state index in [2.05, 4.69) is 0 Å². The molecule has 1 saturated heterocycles. The van der Waals surface area contributed by atoms with Crippen LogP contribution in [0.25, 0.3) is 0 Å². The van der Waals surface area contributed by atoms with E-state index in [0.717, 1.165) is 4.90 Å². The Balaban J connectivity index is 2.24. The molecule has 3 rings (SSSR count). The molecule has 7 unspecified atom stereocenters. The van der Waals surface area contributed by atoms with Crippen molar-refractivity contribution in [1.29, 1.82) is 0 Å². The molecule has 14 nitrogen and oxygen atoms in total. The van der Waals surface area contributed by atoms with Gasteiger partial charge >= 0.3 is 23.9 Å². The van der Waals surface area contributed by atoms with Crippen LogP contribution in [0.3, 0.4) is 0 Å². The average molecular weight is 713 g/mol. The first-order valence-corrected chi connectivity index (χ1v) is 16.7. The number of primary amides is 1. The summed E-state index contributed by atoms with van der Waals surface area (Å²) in [6, 6.07) is 11.1. The molecule has 2 amide bonds. The van der Waals surface area contributed by atoms with E-state index < -0.39 is 83.6 Å². The summed E-state index contributed by atoms with van der Waals surface area (Å²) in [5.41, 5.74) is 4.26. The number of hydrogen-bond donors (Lipinski definition) is 2. The highest BCUT2D eigenvalue weighted by Crippen LogP contribution is 2.35. The molecule has 0 saturated carbocycles. The van der Waals surface area contributed by atoms with Crippen molar-refractivity contribution in [3.63, 3.8) is 0 Å². The predicted molar refractivity (Wildman–Crippen MR) is 183 cm³/mol. The van der Waals surface area contributed by atoms with E-state index in [1.807, 2.05) is 0 Å². The second kappa shape index (κ2) is 17.3. The number of rotatable bonds is 10. The van der Waals surface area contributed by atoms with Crippen LogP contribution in [-0.2, 0) is 49.3 Å². The van der Waals surface area contributed by atoms with E-state index in [4.69, 9.17) is 29.4 Å². The van der Waals surface area contributed by atoms with Crippen molar-refractivity contribution in [2.24, 2.45) is 23.0 Å². The smallest absolute Gasteiger partial charge is 0.348 e. The molecule has 51 heavy (non-hydrogen) atoms. The number of methoxy groups -OCH3 is 1. The van der Waals surface area contributed by atoms with Gasteiger partial charge in [0.25, 0.3) is 5.91 Å². The molecule has 2 aromatic rings. The Hall–Kier alpha value is -4.98. The minimum atomic E-state index is -1.78. The summed E-state index contributed by atoms with van der Waals surface area (Å²) in [7, 11) is 1.23. The SMILES string of the molecule is CCC(C)C1OC(=O)C(C)(C)C(O)C(Cc2ccccc2)OC(=O)C(C(C)C)OC(=O)C(N(C=O)c2cccc(C(N)=O)c2OC)C(C)OC1=O. The molecule has 3 N–H and O–H groups in total. The van der Waals surface area contributed by atoms with Gasteiger partial charge in [-0.05, 0) is 44.9 Å². The number of anilines is 1. The van der Waals surface area contributed by atoms with Gasteiger partial charge in [-0.2, -0.15) is 0 Å².